The Bertz CT molecular complexity index is 799. The van der Waals surface area contributed by atoms with Crippen LogP contribution in [0.3, 0.4) is 0 Å². The van der Waals surface area contributed by atoms with Gasteiger partial charge in [0.25, 0.3) is 0 Å². The van der Waals surface area contributed by atoms with Crippen molar-refractivity contribution in [3.8, 4) is 11.8 Å². The number of likely N-dealkylation sites (tertiary alicyclic amines) is 1. The number of hydrogen-bond donors (Lipinski definition) is 1. The number of nitrogens with one attached hydrogen (secondary N) is 1. The van der Waals surface area contributed by atoms with Crippen molar-refractivity contribution in [1.29, 1.82) is 0 Å². The van der Waals surface area contributed by atoms with Crippen molar-refractivity contribution in [3.63, 3.8) is 0 Å². The fourth-order valence-electron chi connectivity index (χ4n) is 4.59. The van der Waals surface area contributed by atoms with Crippen LogP contribution in [0.2, 0.25) is 0 Å². The van der Waals surface area contributed by atoms with Gasteiger partial charge in [0.15, 0.2) is 5.96 Å². The molecule has 3 aliphatic heterocycles. The summed E-state index contributed by atoms with van der Waals surface area (Å²) in [5.74, 6) is 7.66. The Morgan fingerprint density at radius 1 is 1.24 bits per heavy atom. The van der Waals surface area contributed by atoms with Gasteiger partial charge in [-0.3, -0.25) is 0 Å². The van der Waals surface area contributed by atoms with Gasteiger partial charge in [0.05, 0.1) is 17.8 Å². The minimum absolute atomic E-state index is 0. The minimum atomic E-state index is -4.36. The van der Waals surface area contributed by atoms with Crippen molar-refractivity contribution >= 4 is 29.9 Å². The van der Waals surface area contributed by atoms with Crippen molar-refractivity contribution in [1.82, 2.24) is 10.2 Å². The monoisotopic (exact) mass is 519 g/mol. The van der Waals surface area contributed by atoms with Crippen molar-refractivity contribution in [2.24, 2.45) is 16.8 Å². The number of hydrogen-bond acceptors (Lipinski definition) is 2. The normalized spacial score (nSPS) is 27.9. The lowest BCUT2D eigenvalue weighted by Gasteiger charge is -2.23. The molecule has 0 aromatic heterocycles. The number of aliphatic imine (C=N–C) groups is 1. The third kappa shape index (κ3) is 4.82. The maximum absolute atomic E-state index is 12.8. The molecule has 0 radical (unpaired) electrons. The molecule has 4 rings (SSSR count). The zero-order valence-electron chi connectivity index (χ0n) is 16.2. The number of ether oxygens (including phenoxy) is 1. The molecule has 2 bridgehead atoms. The summed E-state index contributed by atoms with van der Waals surface area (Å²) in [5, 5.41) is 3.31. The van der Waals surface area contributed by atoms with Gasteiger partial charge in [-0.15, -0.1) is 24.0 Å². The van der Waals surface area contributed by atoms with Gasteiger partial charge in [-0.05, 0) is 38.0 Å². The van der Waals surface area contributed by atoms with E-state index in [1.807, 2.05) is 6.92 Å². The highest BCUT2D eigenvalue weighted by atomic mass is 127. The minimum Gasteiger partial charge on any atom is -0.374 e. The van der Waals surface area contributed by atoms with Gasteiger partial charge in [-0.25, -0.2) is 4.99 Å². The van der Waals surface area contributed by atoms with E-state index >= 15 is 0 Å². The summed E-state index contributed by atoms with van der Waals surface area (Å²) < 4.78 is 44.4. The molecule has 3 saturated heterocycles. The summed E-state index contributed by atoms with van der Waals surface area (Å²) in [6.45, 7) is 4.91. The van der Waals surface area contributed by atoms with Crippen LogP contribution in [-0.4, -0.2) is 49.2 Å². The zero-order chi connectivity index (χ0) is 19.7. The molecule has 8 heteroatoms. The molecule has 3 heterocycles. The van der Waals surface area contributed by atoms with E-state index in [1.165, 1.54) is 6.07 Å². The van der Waals surface area contributed by atoms with E-state index in [0.29, 0.717) is 29.6 Å². The van der Waals surface area contributed by atoms with E-state index in [2.05, 4.69) is 27.0 Å². The molecule has 4 unspecified atom stereocenters. The van der Waals surface area contributed by atoms with Crippen molar-refractivity contribution in [3.05, 3.63) is 35.4 Å². The lowest BCUT2D eigenvalue weighted by Crippen LogP contribution is -2.41. The maximum Gasteiger partial charge on any atom is 0.416 e. The van der Waals surface area contributed by atoms with Crippen LogP contribution in [0.5, 0.6) is 0 Å². The highest BCUT2D eigenvalue weighted by Crippen LogP contribution is 2.47. The van der Waals surface area contributed by atoms with Gasteiger partial charge in [0, 0.05) is 37.0 Å². The average Bonchev–Trinajstić information content (AvgIpc) is 3.37. The van der Waals surface area contributed by atoms with Gasteiger partial charge in [-0.2, -0.15) is 13.2 Å². The number of benzene rings is 1. The molecule has 3 aliphatic rings. The van der Waals surface area contributed by atoms with Crippen LogP contribution in [0.1, 0.15) is 30.9 Å². The Morgan fingerprint density at radius 3 is 2.55 bits per heavy atom. The lowest BCUT2D eigenvalue weighted by molar-refractivity contribution is -0.137. The number of halogens is 4. The maximum atomic E-state index is 12.8. The topological polar surface area (TPSA) is 36.9 Å². The summed E-state index contributed by atoms with van der Waals surface area (Å²) in [7, 11) is 0. The molecule has 29 heavy (non-hydrogen) atoms. The summed E-state index contributed by atoms with van der Waals surface area (Å²) in [6.07, 6.45) is -1.25. The molecule has 1 N–H and O–H groups in total. The number of guanidine groups is 1. The van der Waals surface area contributed by atoms with Crippen LogP contribution in [0.4, 0.5) is 13.2 Å². The van der Waals surface area contributed by atoms with Crippen LogP contribution in [0.25, 0.3) is 0 Å². The number of rotatable bonds is 2. The second kappa shape index (κ2) is 9.13. The third-order valence-electron chi connectivity index (χ3n) is 5.82. The quantitative estimate of drug-likeness (QED) is 0.280. The second-order valence-corrected chi connectivity index (χ2v) is 7.57. The van der Waals surface area contributed by atoms with E-state index in [9.17, 15) is 13.2 Å². The fraction of sp³-hybridized carbons (Fsp3) is 0.571. The van der Waals surface area contributed by atoms with Crippen LogP contribution >= 0.6 is 24.0 Å². The Morgan fingerprint density at radius 2 is 1.93 bits per heavy atom. The van der Waals surface area contributed by atoms with E-state index in [-0.39, 0.29) is 30.5 Å². The molecule has 0 spiro atoms. The fourth-order valence-corrected chi connectivity index (χ4v) is 4.59. The van der Waals surface area contributed by atoms with Gasteiger partial charge >= 0.3 is 6.18 Å². The van der Waals surface area contributed by atoms with Crippen LogP contribution < -0.4 is 5.32 Å². The average molecular weight is 519 g/mol. The van der Waals surface area contributed by atoms with Crippen molar-refractivity contribution in [2.75, 3.05) is 26.2 Å². The molecule has 0 aliphatic carbocycles. The second-order valence-electron chi connectivity index (χ2n) is 7.57. The molecule has 1 aromatic carbocycles. The number of alkyl halides is 3. The van der Waals surface area contributed by atoms with Crippen LogP contribution in [-0.2, 0) is 10.9 Å². The molecule has 4 atom stereocenters. The van der Waals surface area contributed by atoms with Gasteiger partial charge in [0.2, 0.25) is 0 Å². The largest absolute Gasteiger partial charge is 0.416 e. The Labute approximate surface area is 186 Å². The molecular weight excluding hydrogens is 494 g/mol. The molecular formula is C21H25F3IN3O. The Kier molecular flexibility index (Phi) is 6.99. The summed E-state index contributed by atoms with van der Waals surface area (Å²) in [4.78, 5) is 6.85. The predicted octanol–water partition coefficient (Wildman–Crippen LogP) is 3.75. The number of nitrogens with zero attached hydrogens (tertiary/aromatic N) is 2. The molecule has 3 fully saturated rings. The SMILES string of the molecule is CCNC(=NCC#Cc1cccc(C(F)(F)F)c1)N1CC2C3CCC(O3)C2C1.I. The molecule has 0 saturated carbocycles. The summed E-state index contributed by atoms with van der Waals surface area (Å²) in [5.41, 5.74) is -0.337. The summed E-state index contributed by atoms with van der Waals surface area (Å²) >= 11 is 0. The van der Waals surface area contributed by atoms with E-state index < -0.39 is 11.7 Å². The highest BCUT2D eigenvalue weighted by molar-refractivity contribution is 14.0. The first kappa shape index (κ1) is 22.2. The standard InChI is InChI=1S/C21H24F3N3O.HI/c1-2-25-20(27-12-16-17(13-27)19-9-8-18(16)28-19)26-10-4-6-14-5-3-7-15(11-14)21(22,23)24;/h3,5,7,11,16-19H,2,8-10,12-13H2,1H3,(H,25,26);1H. The Hall–Kier alpha value is -1.47. The first-order chi connectivity index (χ1) is 13.5. The highest BCUT2D eigenvalue weighted by Gasteiger charge is 2.53. The van der Waals surface area contributed by atoms with Gasteiger partial charge in [-0.1, -0.05) is 17.9 Å². The number of fused-ring (bicyclic) bond motifs is 5. The molecule has 158 valence electrons. The molecule has 4 nitrogen and oxygen atoms in total. The smallest absolute Gasteiger partial charge is 0.374 e. The first-order valence-electron chi connectivity index (χ1n) is 9.80. The van der Waals surface area contributed by atoms with Crippen LogP contribution in [0, 0.1) is 23.7 Å². The van der Waals surface area contributed by atoms with Gasteiger partial charge < -0.3 is 15.0 Å². The van der Waals surface area contributed by atoms with Gasteiger partial charge in [0.1, 0.15) is 6.54 Å². The van der Waals surface area contributed by atoms with Crippen LogP contribution in [0.15, 0.2) is 29.3 Å². The third-order valence-corrected chi connectivity index (χ3v) is 5.82. The zero-order valence-corrected chi connectivity index (χ0v) is 18.5. The molecule has 1 aromatic rings. The van der Waals surface area contributed by atoms with E-state index in [1.54, 1.807) is 6.07 Å². The first-order valence-corrected chi connectivity index (χ1v) is 9.80. The van der Waals surface area contributed by atoms with E-state index in [4.69, 9.17) is 4.74 Å². The predicted molar refractivity (Wildman–Crippen MR) is 116 cm³/mol. The molecule has 0 amide bonds. The van der Waals surface area contributed by atoms with E-state index in [0.717, 1.165) is 50.6 Å². The lowest BCUT2D eigenvalue weighted by atomic mass is 9.82. The Balaban J connectivity index is 0.00000240. The van der Waals surface area contributed by atoms with Crippen molar-refractivity contribution in [2.45, 2.75) is 38.1 Å². The summed E-state index contributed by atoms with van der Waals surface area (Å²) in [6, 6.07) is 5.07. The van der Waals surface area contributed by atoms with Crippen molar-refractivity contribution < 1.29 is 17.9 Å².